The Balaban J connectivity index is 1.59. The second-order valence-electron chi connectivity index (χ2n) is 6.54. The van der Waals surface area contributed by atoms with Crippen molar-refractivity contribution in [3.8, 4) is 11.8 Å². The molecule has 1 saturated heterocycles. The normalized spacial score (nSPS) is 14.6. The average molecular weight is 364 g/mol. The number of carbonyl (C=O) groups excluding carboxylic acids is 1. The molecule has 3 rings (SSSR count). The third kappa shape index (κ3) is 4.78. The van der Waals surface area contributed by atoms with E-state index in [1.54, 1.807) is 11.0 Å². The molecule has 0 bridgehead atoms. The number of amides is 1. The van der Waals surface area contributed by atoms with E-state index in [1.165, 1.54) is 0 Å². The number of benzene rings is 2. The van der Waals surface area contributed by atoms with Crippen LogP contribution in [0.25, 0.3) is 0 Å². The van der Waals surface area contributed by atoms with E-state index < -0.39 is 0 Å². The van der Waals surface area contributed by atoms with Gasteiger partial charge in [-0.3, -0.25) is 9.69 Å². The van der Waals surface area contributed by atoms with E-state index >= 15 is 0 Å². The maximum Gasteiger partial charge on any atom is 0.241 e. The smallest absolute Gasteiger partial charge is 0.241 e. The van der Waals surface area contributed by atoms with Crippen molar-refractivity contribution >= 4 is 17.3 Å². The van der Waals surface area contributed by atoms with Crippen LogP contribution < -0.4 is 9.80 Å². The Labute approximate surface area is 159 Å². The Bertz CT molecular complexity index is 795. The maximum absolute atomic E-state index is 12.8. The molecule has 1 aliphatic heterocycles. The zero-order valence-electron chi connectivity index (χ0n) is 15.3. The Hall–Kier alpha value is -3.04. The molecule has 0 aliphatic carbocycles. The summed E-state index contributed by atoms with van der Waals surface area (Å²) in [6.07, 6.45) is 0.307. The number of piperazine rings is 1. The number of hydrogen-bond acceptors (Lipinski definition) is 5. The van der Waals surface area contributed by atoms with Gasteiger partial charge >= 0.3 is 0 Å². The van der Waals surface area contributed by atoms with Crippen molar-refractivity contribution in [3.05, 3.63) is 54.6 Å². The van der Waals surface area contributed by atoms with E-state index in [0.29, 0.717) is 19.5 Å². The Morgan fingerprint density at radius 1 is 1.04 bits per heavy atom. The van der Waals surface area contributed by atoms with E-state index in [4.69, 9.17) is 5.26 Å². The fourth-order valence-corrected chi connectivity index (χ4v) is 3.32. The molecule has 1 fully saturated rings. The molecule has 0 radical (unpaired) electrons. The predicted octanol–water partition coefficient (Wildman–Crippen LogP) is 2.46. The van der Waals surface area contributed by atoms with Gasteiger partial charge in [0.05, 0.1) is 24.7 Å². The minimum absolute atomic E-state index is 0.00691. The number of anilines is 2. The zero-order valence-corrected chi connectivity index (χ0v) is 15.3. The van der Waals surface area contributed by atoms with Crippen molar-refractivity contribution in [2.45, 2.75) is 6.42 Å². The van der Waals surface area contributed by atoms with Crippen LogP contribution in [0.1, 0.15) is 6.42 Å². The van der Waals surface area contributed by atoms with Gasteiger partial charge in [0, 0.05) is 38.4 Å². The van der Waals surface area contributed by atoms with Gasteiger partial charge in [-0.2, -0.15) is 5.26 Å². The molecule has 2 aromatic carbocycles. The Morgan fingerprint density at radius 3 is 2.37 bits per heavy atom. The van der Waals surface area contributed by atoms with Crippen molar-refractivity contribution in [2.75, 3.05) is 49.1 Å². The lowest BCUT2D eigenvalue weighted by Gasteiger charge is -2.36. The highest BCUT2D eigenvalue weighted by Gasteiger charge is 2.23. The second kappa shape index (κ2) is 9.06. The lowest BCUT2D eigenvalue weighted by molar-refractivity contribution is -0.119. The number of para-hydroxylation sites is 3. The molecule has 140 valence electrons. The summed E-state index contributed by atoms with van der Waals surface area (Å²) in [5.74, 6) is 0.293. The van der Waals surface area contributed by atoms with Gasteiger partial charge in [-0.1, -0.05) is 30.3 Å². The number of phenols is 1. The van der Waals surface area contributed by atoms with Crippen LogP contribution in [0.5, 0.6) is 5.75 Å². The number of rotatable bonds is 6. The maximum atomic E-state index is 12.8. The van der Waals surface area contributed by atoms with Crippen LogP contribution in [0.2, 0.25) is 0 Å². The summed E-state index contributed by atoms with van der Waals surface area (Å²) in [5, 5.41) is 18.9. The first-order chi connectivity index (χ1) is 13.2. The molecule has 0 spiro atoms. The van der Waals surface area contributed by atoms with E-state index in [2.05, 4.69) is 15.9 Å². The minimum atomic E-state index is 0.00691. The first kappa shape index (κ1) is 18.7. The van der Waals surface area contributed by atoms with Crippen molar-refractivity contribution in [1.29, 1.82) is 5.26 Å². The molecule has 1 aliphatic rings. The molecule has 0 atom stereocenters. The van der Waals surface area contributed by atoms with Crippen molar-refractivity contribution < 1.29 is 9.90 Å². The highest BCUT2D eigenvalue weighted by atomic mass is 16.3. The Morgan fingerprint density at radius 2 is 1.70 bits per heavy atom. The molecule has 27 heavy (non-hydrogen) atoms. The molecule has 1 amide bonds. The summed E-state index contributed by atoms with van der Waals surface area (Å²) < 4.78 is 0. The largest absolute Gasteiger partial charge is 0.506 e. The van der Waals surface area contributed by atoms with E-state index in [0.717, 1.165) is 37.6 Å². The Kier molecular flexibility index (Phi) is 6.29. The first-order valence-electron chi connectivity index (χ1n) is 9.16. The molecule has 6 nitrogen and oxygen atoms in total. The van der Waals surface area contributed by atoms with Crippen LogP contribution in [-0.2, 0) is 4.79 Å². The van der Waals surface area contributed by atoms with Gasteiger partial charge in [-0.15, -0.1) is 0 Å². The van der Waals surface area contributed by atoms with Crippen LogP contribution in [0.4, 0.5) is 11.4 Å². The van der Waals surface area contributed by atoms with Crippen LogP contribution in [-0.4, -0.2) is 55.2 Å². The molecule has 2 aromatic rings. The summed E-state index contributed by atoms with van der Waals surface area (Å²) in [4.78, 5) is 18.8. The quantitative estimate of drug-likeness (QED) is 0.853. The number of nitriles is 1. The van der Waals surface area contributed by atoms with Gasteiger partial charge in [-0.05, 0) is 24.3 Å². The van der Waals surface area contributed by atoms with E-state index in [-0.39, 0.29) is 11.7 Å². The SMILES string of the molecule is N#CCCN(C(=O)CN1CCN(c2ccccc2O)CC1)c1ccccc1. The van der Waals surface area contributed by atoms with Crippen molar-refractivity contribution in [1.82, 2.24) is 4.90 Å². The zero-order chi connectivity index (χ0) is 19.1. The molecule has 0 aromatic heterocycles. The highest BCUT2D eigenvalue weighted by Crippen LogP contribution is 2.27. The lowest BCUT2D eigenvalue weighted by Crippen LogP contribution is -2.50. The van der Waals surface area contributed by atoms with Gasteiger partial charge < -0.3 is 14.9 Å². The number of aromatic hydroxyl groups is 1. The van der Waals surface area contributed by atoms with Gasteiger partial charge in [0.15, 0.2) is 0 Å². The van der Waals surface area contributed by atoms with E-state index in [9.17, 15) is 9.90 Å². The monoisotopic (exact) mass is 364 g/mol. The summed E-state index contributed by atoms with van der Waals surface area (Å²) in [7, 11) is 0. The summed E-state index contributed by atoms with van der Waals surface area (Å²) in [6.45, 7) is 3.75. The molecule has 0 unspecified atom stereocenters. The molecular formula is C21H24N4O2. The van der Waals surface area contributed by atoms with Crippen LogP contribution in [0.15, 0.2) is 54.6 Å². The highest BCUT2D eigenvalue weighted by molar-refractivity contribution is 5.94. The molecule has 1 heterocycles. The van der Waals surface area contributed by atoms with Crippen molar-refractivity contribution in [2.24, 2.45) is 0 Å². The fraction of sp³-hybridized carbons (Fsp3) is 0.333. The predicted molar refractivity (Wildman–Crippen MR) is 106 cm³/mol. The molecule has 6 heteroatoms. The summed E-state index contributed by atoms with van der Waals surface area (Å²) in [6, 6.07) is 18.9. The van der Waals surface area contributed by atoms with Crippen LogP contribution in [0, 0.1) is 11.3 Å². The second-order valence-corrected chi connectivity index (χ2v) is 6.54. The fourth-order valence-electron chi connectivity index (χ4n) is 3.32. The number of phenolic OH excluding ortho intramolecular Hbond substituents is 1. The first-order valence-corrected chi connectivity index (χ1v) is 9.16. The standard InChI is InChI=1S/C21H24N4O2/c22-11-6-12-25(18-7-2-1-3-8-18)21(27)17-23-13-15-24(16-14-23)19-9-4-5-10-20(19)26/h1-5,7-10,26H,6,12-17H2. The number of carbonyl (C=O) groups is 1. The topological polar surface area (TPSA) is 70.8 Å². The lowest BCUT2D eigenvalue weighted by atomic mass is 10.2. The average Bonchev–Trinajstić information content (AvgIpc) is 2.70. The third-order valence-corrected chi connectivity index (χ3v) is 4.77. The molecule has 1 N–H and O–H groups in total. The number of hydrogen-bond donors (Lipinski definition) is 1. The minimum Gasteiger partial charge on any atom is -0.506 e. The van der Waals surface area contributed by atoms with Gasteiger partial charge in [-0.25, -0.2) is 0 Å². The summed E-state index contributed by atoms with van der Waals surface area (Å²) >= 11 is 0. The number of nitrogens with zero attached hydrogens (tertiary/aromatic N) is 4. The third-order valence-electron chi connectivity index (χ3n) is 4.77. The van der Waals surface area contributed by atoms with Gasteiger partial charge in [0.1, 0.15) is 5.75 Å². The van der Waals surface area contributed by atoms with E-state index in [1.807, 2.05) is 48.5 Å². The van der Waals surface area contributed by atoms with Crippen LogP contribution >= 0.6 is 0 Å². The summed E-state index contributed by atoms with van der Waals surface area (Å²) in [5.41, 5.74) is 1.66. The van der Waals surface area contributed by atoms with Crippen LogP contribution in [0.3, 0.4) is 0 Å². The van der Waals surface area contributed by atoms with Gasteiger partial charge in [0.25, 0.3) is 0 Å². The van der Waals surface area contributed by atoms with Gasteiger partial charge in [0.2, 0.25) is 5.91 Å². The molecular weight excluding hydrogens is 340 g/mol. The van der Waals surface area contributed by atoms with Crippen molar-refractivity contribution in [3.63, 3.8) is 0 Å². The molecule has 0 saturated carbocycles.